The van der Waals surface area contributed by atoms with E-state index in [1.165, 1.54) is 0 Å². The van der Waals surface area contributed by atoms with Crippen LogP contribution in [0.4, 0.5) is 17.6 Å². The molecule has 0 amide bonds. The summed E-state index contributed by atoms with van der Waals surface area (Å²) in [4.78, 5) is 3.50. The number of rotatable bonds is 2. The summed E-state index contributed by atoms with van der Waals surface area (Å²) in [5.74, 6) is 0.519. The van der Waals surface area contributed by atoms with Gasteiger partial charge in [0.1, 0.15) is 0 Å². The van der Waals surface area contributed by atoms with E-state index in [-0.39, 0.29) is 0 Å². The topological polar surface area (TPSA) is 50.6 Å². The van der Waals surface area contributed by atoms with Crippen LogP contribution < -0.4 is 0 Å². The molecule has 2 N–H and O–H groups in total. The summed E-state index contributed by atoms with van der Waals surface area (Å²) in [6.45, 7) is 0. The minimum atomic E-state index is -4.23. The van der Waals surface area contributed by atoms with Crippen molar-refractivity contribution in [3.63, 3.8) is 0 Å². The van der Waals surface area contributed by atoms with Crippen LogP contribution in [-0.2, 0) is 0 Å². The summed E-state index contributed by atoms with van der Waals surface area (Å²) in [5, 5.41) is 14.6. The summed E-state index contributed by atoms with van der Waals surface area (Å²) in [5.41, 5.74) is 0. The first kappa shape index (κ1) is 17.3. The highest BCUT2D eigenvalue weighted by atomic mass is 19.3. The minimum Gasteiger partial charge on any atom is -0.349 e. The summed E-state index contributed by atoms with van der Waals surface area (Å²) in [6.07, 6.45) is -9.17. The molecular weight excluding hydrogens is 230 g/mol. The third-order valence-corrected chi connectivity index (χ3v) is 1.25. The van der Waals surface area contributed by atoms with Crippen molar-refractivity contribution < 1.29 is 22.7 Å². The number of nitrogens with zero attached hydrogens (tertiary/aromatic N) is 2. The molecule has 0 radical (unpaired) electrons. The summed E-state index contributed by atoms with van der Waals surface area (Å²) in [7, 11) is 7.40. The Bertz CT molecular complexity index is 194. The molecule has 98 valence electrons. The number of aliphatic hydroxyl groups is 1. The zero-order valence-electron chi connectivity index (χ0n) is 9.64. The molecule has 0 heterocycles. The first-order chi connectivity index (χ1) is 6.97. The van der Waals surface area contributed by atoms with Gasteiger partial charge in [0.25, 0.3) is 0 Å². The fourth-order valence-corrected chi connectivity index (χ4v) is 0.586. The van der Waals surface area contributed by atoms with E-state index in [4.69, 9.17) is 10.5 Å². The van der Waals surface area contributed by atoms with Crippen molar-refractivity contribution in [2.24, 2.45) is 0 Å². The lowest BCUT2D eigenvalue weighted by molar-refractivity contribution is -0.219. The molecule has 0 saturated carbocycles. The zero-order valence-corrected chi connectivity index (χ0v) is 9.64. The second kappa shape index (κ2) is 7.26. The molecule has 0 aliphatic carbocycles. The Balaban J connectivity index is 0. The van der Waals surface area contributed by atoms with Crippen LogP contribution in [-0.4, -0.2) is 61.6 Å². The van der Waals surface area contributed by atoms with Gasteiger partial charge in [-0.2, -0.15) is 8.78 Å². The Morgan fingerprint density at radius 2 is 1.50 bits per heavy atom. The molecule has 0 fully saturated rings. The van der Waals surface area contributed by atoms with Gasteiger partial charge < -0.3 is 14.9 Å². The molecule has 0 aliphatic heterocycles. The number of halogens is 4. The Kier molecular flexibility index (Phi) is 7.87. The minimum absolute atomic E-state index is 0.519. The van der Waals surface area contributed by atoms with E-state index in [0.717, 1.165) is 0 Å². The van der Waals surface area contributed by atoms with Gasteiger partial charge in [0.2, 0.25) is 6.43 Å². The van der Waals surface area contributed by atoms with E-state index in [1.807, 2.05) is 28.2 Å². The fourth-order valence-electron chi connectivity index (χ4n) is 0.586. The molecule has 0 saturated heterocycles. The number of nitrogens with one attached hydrogen (secondary N) is 1. The molecule has 0 unspecified atom stereocenters. The second-order valence-electron chi connectivity index (χ2n) is 3.37. The normalized spacial score (nSPS) is 10.6. The van der Waals surface area contributed by atoms with Crippen LogP contribution in [0, 0.1) is 5.41 Å². The molecule has 0 atom stereocenters. The van der Waals surface area contributed by atoms with Gasteiger partial charge in [0.15, 0.2) is 5.96 Å². The summed E-state index contributed by atoms with van der Waals surface area (Å²) >= 11 is 0. The Morgan fingerprint density at radius 1 is 1.19 bits per heavy atom. The number of guanidine groups is 1. The van der Waals surface area contributed by atoms with E-state index in [9.17, 15) is 17.6 Å². The molecule has 0 aromatic heterocycles. The lowest BCUT2D eigenvalue weighted by Crippen LogP contribution is -2.34. The van der Waals surface area contributed by atoms with E-state index in [1.54, 1.807) is 9.80 Å². The van der Waals surface area contributed by atoms with E-state index in [0.29, 0.717) is 5.96 Å². The van der Waals surface area contributed by atoms with Crippen molar-refractivity contribution in [3.05, 3.63) is 0 Å². The third kappa shape index (κ3) is 12.9. The molecule has 0 aliphatic rings. The number of alkyl halides is 4. The van der Waals surface area contributed by atoms with Gasteiger partial charge in [-0.15, -0.1) is 0 Å². The molecule has 16 heavy (non-hydrogen) atoms. The van der Waals surface area contributed by atoms with E-state index >= 15 is 0 Å². The maximum atomic E-state index is 11.0. The Labute approximate surface area is 92.0 Å². The van der Waals surface area contributed by atoms with Crippen LogP contribution in [0.3, 0.4) is 0 Å². The highest BCUT2D eigenvalue weighted by Gasteiger charge is 2.29. The lowest BCUT2D eigenvalue weighted by Gasteiger charge is -2.19. The monoisotopic (exact) mass is 247 g/mol. The predicted molar refractivity (Wildman–Crippen MR) is 52.9 cm³/mol. The third-order valence-electron chi connectivity index (χ3n) is 1.25. The van der Waals surface area contributed by atoms with Gasteiger partial charge in [-0.3, -0.25) is 5.41 Å². The van der Waals surface area contributed by atoms with Gasteiger partial charge >= 0.3 is 6.11 Å². The standard InChI is InChI=1S/C5H13N3.C3H4F4O/c1-7(2)5(6)8(3)4;4-2(5)1-3(6,7)8/h6H,1-4H3;2,8H,1H2. The van der Waals surface area contributed by atoms with Crippen LogP contribution >= 0.6 is 0 Å². The summed E-state index contributed by atoms with van der Waals surface area (Å²) < 4.78 is 43.9. The quantitative estimate of drug-likeness (QED) is 0.439. The van der Waals surface area contributed by atoms with Crippen LogP contribution in [0.5, 0.6) is 0 Å². The van der Waals surface area contributed by atoms with Crippen molar-refractivity contribution in [1.82, 2.24) is 9.80 Å². The van der Waals surface area contributed by atoms with Gasteiger partial charge in [0, 0.05) is 28.2 Å². The van der Waals surface area contributed by atoms with Crippen molar-refractivity contribution in [3.8, 4) is 0 Å². The largest absolute Gasteiger partial charge is 0.358 e. The number of hydrogen-bond acceptors (Lipinski definition) is 2. The SMILES string of the molecule is CN(C)C(=N)N(C)C.OC(F)(F)CC(F)F. The highest BCUT2D eigenvalue weighted by molar-refractivity contribution is 5.75. The molecule has 0 rings (SSSR count). The van der Waals surface area contributed by atoms with Gasteiger partial charge in [-0.1, -0.05) is 0 Å². The summed E-state index contributed by atoms with van der Waals surface area (Å²) in [6, 6.07) is 0. The average molecular weight is 247 g/mol. The van der Waals surface area contributed by atoms with Gasteiger partial charge in [0.05, 0.1) is 6.42 Å². The smallest absolute Gasteiger partial charge is 0.349 e. The number of hydrogen-bond donors (Lipinski definition) is 2. The van der Waals surface area contributed by atoms with Crippen molar-refractivity contribution in [2.45, 2.75) is 19.0 Å². The molecule has 0 spiro atoms. The molecular formula is C8H17F4N3O. The Hall–Kier alpha value is -1.05. The van der Waals surface area contributed by atoms with E-state index in [2.05, 4.69) is 0 Å². The van der Waals surface area contributed by atoms with Crippen molar-refractivity contribution in [1.29, 1.82) is 5.41 Å². The van der Waals surface area contributed by atoms with Crippen molar-refractivity contribution >= 4 is 5.96 Å². The molecule has 0 aromatic carbocycles. The van der Waals surface area contributed by atoms with E-state index < -0.39 is 19.0 Å². The highest BCUT2D eigenvalue weighted by Crippen LogP contribution is 2.17. The fraction of sp³-hybridized carbons (Fsp3) is 0.875. The van der Waals surface area contributed by atoms with Crippen LogP contribution in [0.2, 0.25) is 0 Å². The lowest BCUT2D eigenvalue weighted by atomic mass is 10.4. The van der Waals surface area contributed by atoms with Crippen LogP contribution in [0.15, 0.2) is 0 Å². The Morgan fingerprint density at radius 3 is 1.50 bits per heavy atom. The first-order valence-corrected chi connectivity index (χ1v) is 4.29. The zero-order chi connectivity index (χ0) is 13.5. The second-order valence-corrected chi connectivity index (χ2v) is 3.37. The predicted octanol–water partition coefficient (Wildman–Crippen LogP) is 1.27. The molecule has 0 aromatic rings. The molecule has 4 nitrogen and oxygen atoms in total. The van der Waals surface area contributed by atoms with Gasteiger partial charge in [-0.25, -0.2) is 8.78 Å². The van der Waals surface area contributed by atoms with Crippen LogP contribution in [0.1, 0.15) is 6.42 Å². The van der Waals surface area contributed by atoms with Crippen molar-refractivity contribution in [2.75, 3.05) is 28.2 Å². The first-order valence-electron chi connectivity index (χ1n) is 4.29. The molecule has 0 bridgehead atoms. The van der Waals surface area contributed by atoms with Crippen LogP contribution in [0.25, 0.3) is 0 Å². The maximum absolute atomic E-state index is 11.0. The molecule has 8 heteroatoms. The van der Waals surface area contributed by atoms with Gasteiger partial charge in [-0.05, 0) is 0 Å². The maximum Gasteiger partial charge on any atom is 0.358 e. The average Bonchev–Trinajstić information content (AvgIpc) is 1.98.